The Balaban J connectivity index is 1.78. The molecule has 0 unspecified atom stereocenters. The van der Waals surface area contributed by atoms with Gasteiger partial charge in [0.05, 0.1) is 6.61 Å². The van der Waals surface area contributed by atoms with Crippen LogP contribution in [-0.2, 0) is 6.61 Å². The second-order valence-corrected chi connectivity index (χ2v) is 7.84. The third-order valence-electron chi connectivity index (χ3n) is 5.27. The molecule has 1 aliphatic rings. The number of rotatable bonds is 6. The molecule has 0 atom stereocenters. The molecule has 2 aromatic carbocycles. The maximum absolute atomic E-state index is 12.9. The highest BCUT2D eigenvalue weighted by Gasteiger charge is 2.22. The fourth-order valence-electron chi connectivity index (χ4n) is 3.69. The first-order valence-corrected chi connectivity index (χ1v) is 10.2. The van der Waals surface area contributed by atoms with Crippen LogP contribution in [0.5, 0.6) is 11.5 Å². The first-order chi connectivity index (χ1) is 13.5. The van der Waals surface area contributed by atoms with Gasteiger partial charge in [-0.05, 0) is 81.0 Å². The summed E-state index contributed by atoms with van der Waals surface area (Å²) < 4.78 is 11.8. The van der Waals surface area contributed by atoms with Crippen molar-refractivity contribution in [1.29, 1.82) is 0 Å². The van der Waals surface area contributed by atoms with Crippen LogP contribution in [0.25, 0.3) is 0 Å². The number of ether oxygens (including phenoxy) is 2. The quantitative estimate of drug-likeness (QED) is 0.694. The topological polar surface area (TPSA) is 38.8 Å². The van der Waals surface area contributed by atoms with Gasteiger partial charge in [-0.1, -0.05) is 13.0 Å². The number of amides is 1. The fraction of sp³-hybridized carbons (Fsp3) is 0.458. The van der Waals surface area contributed by atoms with Gasteiger partial charge in [-0.3, -0.25) is 4.79 Å². The molecular formula is C24H31NO3. The van der Waals surface area contributed by atoms with Gasteiger partial charge in [0.2, 0.25) is 0 Å². The van der Waals surface area contributed by atoms with E-state index in [0.29, 0.717) is 24.7 Å². The molecule has 1 heterocycles. The van der Waals surface area contributed by atoms with Gasteiger partial charge >= 0.3 is 0 Å². The number of carbonyl (C=O) groups is 1. The van der Waals surface area contributed by atoms with Crippen molar-refractivity contribution in [3.8, 4) is 11.5 Å². The van der Waals surface area contributed by atoms with E-state index in [0.717, 1.165) is 43.0 Å². The zero-order valence-corrected chi connectivity index (χ0v) is 17.5. The molecule has 0 aliphatic carbocycles. The summed E-state index contributed by atoms with van der Waals surface area (Å²) in [6, 6.07) is 11.9. The number of piperidine rings is 1. The zero-order chi connectivity index (χ0) is 20.1. The van der Waals surface area contributed by atoms with E-state index < -0.39 is 0 Å². The Labute approximate surface area is 168 Å². The van der Waals surface area contributed by atoms with Crippen LogP contribution >= 0.6 is 0 Å². The van der Waals surface area contributed by atoms with Crippen molar-refractivity contribution in [3.63, 3.8) is 0 Å². The second-order valence-electron chi connectivity index (χ2n) is 7.84. The van der Waals surface area contributed by atoms with Gasteiger partial charge in [0.1, 0.15) is 18.1 Å². The lowest BCUT2D eigenvalue weighted by Gasteiger charge is -2.30. The van der Waals surface area contributed by atoms with Crippen molar-refractivity contribution < 1.29 is 14.3 Å². The smallest absolute Gasteiger partial charge is 0.253 e. The molecule has 0 bridgehead atoms. The van der Waals surface area contributed by atoms with Crippen molar-refractivity contribution in [1.82, 2.24) is 4.90 Å². The van der Waals surface area contributed by atoms with Crippen molar-refractivity contribution in [3.05, 3.63) is 58.7 Å². The Bertz CT molecular complexity index is 802. The summed E-state index contributed by atoms with van der Waals surface area (Å²) in [6.07, 6.45) is 2.15. The summed E-state index contributed by atoms with van der Waals surface area (Å²) in [5.74, 6) is 2.41. The van der Waals surface area contributed by atoms with Crippen molar-refractivity contribution >= 4 is 5.91 Å². The Kier molecular flexibility index (Phi) is 6.61. The summed E-state index contributed by atoms with van der Waals surface area (Å²) in [5, 5.41) is 0. The molecule has 0 N–H and O–H groups in total. The largest absolute Gasteiger partial charge is 0.493 e. The number of benzene rings is 2. The van der Waals surface area contributed by atoms with E-state index >= 15 is 0 Å². The maximum Gasteiger partial charge on any atom is 0.253 e. The zero-order valence-electron chi connectivity index (χ0n) is 17.5. The van der Waals surface area contributed by atoms with E-state index in [1.54, 1.807) is 0 Å². The monoisotopic (exact) mass is 381 g/mol. The maximum atomic E-state index is 12.9. The summed E-state index contributed by atoms with van der Waals surface area (Å²) in [6.45, 7) is 11.0. The van der Waals surface area contributed by atoms with Gasteiger partial charge in [0.15, 0.2) is 0 Å². The van der Waals surface area contributed by atoms with E-state index in [4.69, 9.17) is 9.47 Å². The minimum absolute atomic E-state index is 0.0996. The Hall–Kier alpha value is -2.49. The number of carbonyl (C=O) groups excluding carboxylic acids is 1. The van der Waals surface area contributed by atoms with Gasteiger partial charge in [0, 0.05) is 24.2 Å². The average molecular weight is 382 g/mol. The van der Waals surface area contributed by atoms with Crippen LogP contribution in [0.1, 0.15) is 53.7 Å². The molecule has 150 valence electrons. The van der Waals surface area contributed by atoms with Crippen molar-refractivity contribution in [2.75, 3.05) is 19.7 Å². The van der Waals surface area contributed by atoms with Gasteiger partial charge in [0.25, 0.3) is 5.91 Å². The lowest BCUT2D eigenvalue weighted by Crippen LogP contribution is -2.37. The first kappa shape index (κ1) is 20.2. The molecule has 1 aliphatic heterocycles. The molecule has 4 nitrogen and oxygen atoms in total. The number of likely N-dealkylation sites (tertiary alicyclic amines) is 1. The molecule has 1 fully saturated rings. The van der Waals surface area contributed by atoms with E-state index in [-0.39, 0.29) is 5.91 Å². The third-order valence-corrected chi connectivity index (χ3v) is 5.27. The first-order valence-electron chi connectivity index (χ1n) is 10.2. The standard InChI is InChI=1S/C24H31NO3/c1-5-27-23-7-6-20(24(26)25-10-8-17(2)9-11-25)15-21(23)16-28-22-13-18(3)12-19(4)14-22/h6-7,12-15,17H,5,8-11,16H2,1-4H3. The van der Waals surface area contributed by atoms with E-state index in [1.807, 2.05) is 42.2 Å². The molecule has 2 aromatic rings. The fourth-order valence-corrected chi connectivity index (χ4v) is 3.69. The van der Waals surface area contributed by atoms with Gasteiger partial charge in [-0.25, -0.2) is 0 Å². The second kappa shape index (κ2) is 9.13. The number of aryl methyl sites for hydroxylation is 2. The molecule has 0 saturated carbocycles. The van der Waals surface area contributed by atoms with Gasteiger partial charge in [-0.15, -0.1) is 0 Å². The number of hydrogen-bond donors (Lipinski definition) is 0. The number of nitrogens with zero attached hydrogens (tertiary/aromatic N) is 1. The normalized spacial score (nSPS) is 14.8. The molecule has 4 heteroatoms. The molecule has 0 spiro atoms. The summed E-state index contributed by atoms with van der Waals surface area (Å²) in [5.41, 5.74) is 3.95. The van der Waals surface area contributed by atoms with Crippen LogP contribution in [0, 0.1) is 19.8 Å². The predicted molar refractivity (Wildman–Crippen MR) is 112 cm³/mol. The molecular weight excluding hydrogens is 350 g/mol. The summed E-state index contributed by atoms with van der Waals surface area (Å²) >= 11 is 0. The summed E-state index contributed by atoms with van der Waals surface area (Å²) in [7, 11) is 0. The molecule has 0 radical (unpaired) electrons. The SMILES string of the molecule is CCOc1ccc(C(=O)N2CCC(C)CC2)cc1COc1cc(C)cc(C)c1. The van der Waals surface area contributed by atoms with Gasteiger partial charge in [-0.2, -0.15) is 0 Å². The summed E-state index contributed by atoms with van der Waals surface area (Å²) in [4.78, 5) is 14.9. The lowest BCUT2D eigenvalue weighted by atomic mass is 9.98. The van der Waals surface area contributed by atoms with Crippen LogP contribution in [0.3, 0.4) is 0 Å². The third kappa shape index (κ3) is 5.06. The Morgan fingerprint density at radius 2 is 1.71 bits per heavy atom. The van der Waals surface area contributed by atoms with E-state index in [1.165, 1.54) is 11.1 Å². The van der Waals surface area contributed by atoms with Crippen LogP contribution in [-0.4, -0.2) is 30.5 Å². The Morgan fingerprint density at radius 3 is 2.36 bits per heavy atom. The van der Waals surface area contributed by atoms with Crippen LogP contribution < -0.4 is 9.47 Å². The molecule has 3 rings (SSSR count). The predicted octanol–water partition coefficient (Wildman–Crippen LogP) is 5.15. The highest BCUT2D eigenvalue weighted by molar-refractivity contribution is 5.94. The molecule has 28 heavy (non-hydrogen) atoms. The number of hydrogen-bond acceptors (Lipinski definition) is 3. The van der Waals surface area contributed by atoms with Crippen molar-refractivity contribution in [2.45, 2.75) is 47.1 Å². The molecule has 1 amide bonds. The van der Waals surface area contributed by atoms with Crippen molar-refractivity contribution in [2.24, 2.45) is 5.92 Å². The average Bonchev–Trinajstić information content (AvgIpc) is 2.67. The van der Waals surface area contributed by atoms with E-state index in [2.05, 4.69) is 26.8 Å². The minimum atomic E-state index is 0.0996. The van der Waals surface area contributed by atoms with Gasteiger partial charge < -0.3 is 14.4 Å². The highest BCUT2D eigenvalue weighted by atomic mass is 16.5. The minimum Gasteiger partial charge on any atom is -0.493 e. The Morgan fingerprint density at radius 1 is 1.04 bits per heavy atom. The highest BCUT2D eigenvalue weighted by Crippen LogP contribution is 2.25. The van der Waals surface area contributed by atoms with E-state index in [9.17, 15) is 4.79 Å². The van der Waals surface area contributed by atoms with Crippen LogP contribution in [0.15, 0.2) is 36.4 Å². The lowest BCUT2D eigenvalue weighted by molar-refractivity contribution is 0.0697. The molecule has 0 aromatic heterocycles. The molecule has 1 saturated heterocycles. The van der Waals surface area contributed by atoms with Crippen LogP contribution in [0.2, 0.25) is 0 Å². The van der Waals surface area contributed by atoms with Crippen LogP contribution in [0.4, 0.5) is 0 Å².